The number of carbonyl (C=O) groups is 1. The van der Waals surface area contributed by atoms with Gasteiger partial charge in [-0.15, -0.1) is 0 Å². The van der Waals surface area contributed by atoms with Crippen LogP contribution in [-0.4, -0.2) is 78.6 Å². The first kappa shape index (κ1) is 22.5. The highest BCUT2D eigenvalue weighted by molar-refractivity contribution is 7.99. The molecule has 3 rings (SSSR count). The molecule has 0 unspecified atom stereocenters. The summed E-state index contributed by atoms with van der Waals surface area (Å²) in [5.74, 6) is 0. The molecule has 1 aromatic carbocycles. The number of urea groups is 1. The summed E-state index contributed by atoms with van der Waals surface area (Å²) in [6.45, 7) is 4.67. The third-order valence-corrected chi connectivity index (χ3v) is 6.35. The molecule has 0 spiro atoms. The molecule has 0 aromatic heterocycles. The lowest BCUT2D eigenvalue weighted by molar-refractivity contribution is -0.137. The van der Waals surface area contributed by atoms with Crippen molar-refractivity contribution in [2.24, 2.45) is 0 Å². The number of ether oxygens (including phenoxy) is 2. The molecule has 0 atom stereocenters. The third kappa shape index (κ3) is 6.40. The van der Waals surface area contributed by atoms with E-state index in [0.717, 1.165) is 24.3 Å². The van der Waals surface area contributed by atoms with Crippen molar-refractivity contribution in [3.63, 3.8) is 0 Å². The molecule has 0 bridgehead atoms. The second kappa shape index (κ2) is 10.2. The molecule has 2 aliphatic rings. The Bertz CT molecular complexity index is 686. The predicted octanol–water partition coefficient (Wildman–Crippen LogP) is 3.35. The van der Waals surface area contributed by atoms with Gasteiger partial charge >= 0.3 is 12.2 Å². The zero-order valence-corrected chi connectivity index (χ0v) is 17.6. The minimum absolute atomic E-state index is 0.177. The van der Waals surface area contributed by atoms with Crippen molar-refractivity contribution in [1.29, 1.82) is 0 Å². The van der Waals surface area contributed by atoms with Crippen LogP contribution in [-0.2, 0) is 15.7 Å². The van der Waals surface area contributed by atoms with Crippen LogP contribution in [0.4, 0.5) is 23.7 Å². The molecule has 2 saturated heterocycles. The minimum atomic E-state index is -4.48. The Hall–Kier alpha value is -1.18. The number of halogens is 3. The number of hydrogen-bond acceptors (Lipinski definition) is 7. The van der Waals surface area contributed by atoms with Crippen LogP contribution in [0, 0.1) is 0 Å². The van der Waals surface area contributed by atoms with E-state index in [1.807, 2.05) is 8.61 Å². The predicted molar refractivity (Wildman–Crippen MR) is 107 cm³/mol. The van der Waals surface area contributed by atoms with Gasteiger partial charge in [0.15, 0.2) is 0 Å². The Morgan fingerprint density at radius 2 is 1.55 bits per heavy atom. The van der Waals surface area contributed by atoms with Crippen LogP contribution < -0.4 is 4.31 Å². The summed E-state index contributed by atoms with van der Waals surface area (Å²) in [7, 11) is 1.61. The Labute approximate surface area is 176 Å². The summed E-state index contributed by atoms with van der Waals surface area (Å²) in [6.07, 6.45) is -4.48. The number of morpholine rings is 2. The van der Waals surface area contributed by atoms with Gasteiger partial charge in [0.1, 0.15) is 0 Å². The summed E-state index contributed by atoms with van der Waals surface area (Å²) in [4.78, 5) is 13.2. The summed E-state index contributed by atoms with van der Waals surface area (Å²) >= 11 is 2.35. The number of hydrogen-bond donors (Lipinski definition) is 0. The number of amides is 2. The Morgan fingerprint density at radius 1 is 1.00 bits per heavy atom. The van der Waals surface area contributed by atoms with Gasteiger partial charge in [-0.2, -0.15) is 13.2 Å². The molecule has 0 saturated carbocycles. The average molecular weight is 453 g/mol. The van der Waals surface area contributed by atoms with E-state index in [-0.39, 0.29) is 5.69 Å². The zero-order valence-electron chi connectivity index (χ0n) is 15.9. The molecule has 162 valence electrons. The number of rotatable bonds is 5. The summed E-state index contributed by atoms with van der Waals surface area (Å²) in [5.41, 5.74) is -0.616. The van der Waals surface area contributed by atoms with Gasteiger partial charge in [0.25, 0.3) is 0 Å². The van der Waals surface area contributed by atoms with Crippen LogP contribution in [0.1, 0.15) is 5.56 Å². The van der Waals surface area contributed by atoms with E-state index in [1.54, 1.807) is 7.05 Å². The first-order valence-corrected chi connectivity index (χ1v) is 10.6. The van der Waals surface area contributed by atoms with E-state index in [9.17, 15) is 18.0 Å². The van der Waals surface area contributed by atoms with Crippen molar-refractivity contribution < 1.29 is 27.4 Å². The van der Waals surface area contributed by atoms with Crippen LogP contribution in [0.5, 0.6) is 0 Å². The van der Waals surface area contributed by atoms with Gasteiger partial charge in [0, 0.05) is 57.5 Å². The molecule has 1 aromatic rings. The van der Waals surface area contributed by atoms with E-state index in [1.165, 1.54) is 32.9 Å². The van der Waals surface area contributed by atoms with Crippen molar-refractivity contribution in [2.45, 2.75) is 6.18 Å². The highest BCUT2D eigenvalue weighted by Crippen LogP contribution is 2.35. The Kier molecular flexibility index (Phi) is 7.93. The standard InChI is InChI=1S/C17H23F3N4O3S2/c1-21(28-22-5-9-26-10-6-22)16(25)24(29-23-7-11-27-12-8-23)15-4-2-3-14(13-15)17(18,19)20/h2-4,13H,5-12H2,1H3. The van der Waals surface area contributed by atoms with Crippen molar-refractivity contribution in [2.75, 3.05) is 64.0 Å². The average Bonchev–Trinajstić information content (AvgIpc) is 2.72. The van der Waals surface area contributed by atoms with Gasteiger partial charge in [-0.1, -0.05) is 6.07 Å². The molecular weight excluding hydrogens is 429 g/mol. The Balaban J connectivity index is 1.79. The number of alkyl halides is 3. The van der Waals surface area contributed by atoms with Crippen LogP contribution in [0.15, 0.2) is 24.3 Å². The van der Waals surface area contributed by atoms with Gasteiger partial charge < -0.3 is 9.47 Å². The van der Waals surface area contributed by atoms with Gasteiger partial charge in [-0.25, -0.2) is 17.7 Å². The summed E-state index contributed by atoms with van der Waals surface area (Å²) < 4.78 is 56.8. The monoisotopic (exact) mass is 452 g/mol. The first-order valence-electron chi connectivity index (χ1n) is 9.11. The molecule has 12 heteroatoms. The largest absolute Gasteiger partial charge is 0.416 e. The maximum Gasteiger partial charge on any atom is 0.416 e. The fourth-order valence-electron chi connectivity index (χ4n) is 2.71. The number of anilines is 1. The van der Waals surface area contributed by atoms with Gasteiger partial charge in [0.05, 0.1) is 37.7 Å². The lowest BCUT2D eigenvalue weighted by Gasteiger charge is -2.34. The molecule has 0 aliphatic carbocycles. The third-order valence-electron chi connectivity index (χ3n) is 4.23. The second-order valence-corrected chi connectivity index (χ2v) is 8.64. The van der Waals surface area contributed by atoms with Crippen molar-refractivity contribution >= 4 is 36.0 Å². The van der Waals surface area contributed by atoms with E-state index in [0.29, 0.717) is 52.6 Å². The van der Waals surface area contributed by atoms with Crippen LogP contribution >= 0.6 is 24.3 Å². The molecule has 0 radical (unpaired) electrons. The van der Waals surface area contributed by atoms with Crippen molar-refractivity contribution in [3.8, 4) is 0 Å². The van der Waals surface area contributed by atoms with E-state index >= 15 is 0 Å². The Morgan fingerprint density at radius 3 is 2.10 bits per heavy atom. The molecule has 2 amide bonds. The quantitative estimate of drug-likeness (QED) is 0.635. The van der Waals surface area contributed by atoms with Gasteiger partial charge in [0.2, 0.25) is 0 Å². The molecule has 2 heterocycles. The molecule has 7 nitrogen and oxygen atoms in total. The van der Waals surface area contributed by atoms with Crippen molar-refractivity contribution in [3.05, 3.63) is 29.8 Å². The van der Waals surface area contributed by atoms with E-state index in [4.69, 9.17) is 9.47 Å². The first-order chi connectivity index (χ1) is 13.8. The molecular formula is C17H23F3N4O3S2. The molecule has 2 aliphatic heterocycles. The lowest BCUT2D eigenvalue weighted by atomic mass is 10.2. The maximum absolute atomic E-state index is 13.2. The fraction of sp³-hybridized carbons (Fsp3) is 0.588. The number of carbonyl (C=O) groups excluding carboxylic acids is 1. The van der Waals surface area contributed by atoms with Gasteiger partial charge in [-0.05, 0) is 18.2 Å². The van der Waals surface area contributed by atoms with Crippen LogP contribution in [0.3, 0.4) is 0 Å². The highest BCUT2D eigenvalue weighted by atomic mass is 32.2. The molecule has 2 fully saturated rings. The summed E-state index contributed by atoms with van der Waals surface area (Å²) in [5, 5.41) is 0. The minimum Gasteiger partial charge on any atom is -0.379 e. The van der Waals surface area contributed by atoms with Crippen molar-refractivity contribution in [1.82, 2.24) is 12.9 Å². The lowest BCUT2D eigenvalue weighted by Crippen LogP contribution is -2.42. The number of benzene rings is 1. The maximum atomic E-state index is 13.2. The zero-order chi connectivity index (χ0) is 20.9. The van der Waals surface area contributed by atoms with Crippen LogP contribution in [0.2, 0.25) is 0 Å². The molecule has 0 N–H and O–H groups in total. The number of nitrogens with zero attached hydrogens (tertiary/aromatic N) is 4. The topological polar surface area (TPSA) is 48.5 Å². The SMILES string of the molecule is CN(SN1CCOCC1)C(=O)N(SN1CCOCC1)c1cccc(C(F)(F)F)c1. The smallest absolute Gasteiger partial charge is 0.379 e. The van der Waals surface area contributed by atoms with E-state index in [2.05, 4.69) is 0 Å². The van der Waals surface area contributed by atoms with Crippen LogP contribution in [0.25, 0.3) is 0 Å². The molecule has 29 heavy (non-hydrogen) atoms. The summed E-state index contributed by atoms with van der Waals surface area (Å²) in [6, 6.07) is 4.40. The fourth-order valence-corrected chi connectivity index (χ4v) is 4.51. The highest BCUT2D eigenvalue weighted by Gasteiger charge is 2.33. The van der Waals surface area contributed by atoms with Gasteiger partial charge in [-0.3, -0.25) is 4.31 Å². The second-order valence-electron chi connectivity index (χ2n) is 6.37. The normalized spacial score (nSPS) is 19.2. The van der Waals surface area contributed by atoms with E-state index < -0.39 is 17.8 Å².